The molecule has 1 amide bonds. The van der Waals surface area contributed by atoms with Gasteiger partial charge < -0.3 is 15.4 Å². The van der Waals surface area contributed by atoms with Crippen LogP contribution in [0.2, 0.25) is 5.02 Å². The van der Waals surface area contributed by atoms with Crippen LogP contribution in [0.5, 0.6) is 0 Å². The minimum atomic E-state index is -1.08. The molecule has 0 saturated heterocycles. The Balaban J connectivity index is 2.26. The third kappa shape index (κ3) is 2.52. The number of anilines is 1. The summed E-state index contributed by atoms with van der Waals surface area (Å²) in [6.45, 7) is 0. The average molecular weight is 265 g/mol. The van der Waals surface area contributed by atoms with Crippen LogP contribution in [-0.4, -0.2) is 22.0 Å². The van der Waals surface area contributed by atoms with Gasteiger partial charge in [0, 0.05) is 6.20 Å². The van der Waals surface area contributed by atoms with Crippen LogP contribution >= 0.6 is 11.6 Å². The van der Waals surface area contributed by atoms with Crippen molar-refractivity contribution in [3.05, 3.63) is 52.8 Å². The Hall–Kier alpha value is -2.27. The molecule has 0 atom stereocenters. The second-order valence-electron chi connectivity index (χ2n) is 3.54. The summed E-state index contributed by atoms with van der Waals surface area (Å²) in [4.78, 5) is 25.3. The van der Waals surface area contributed by atoms with Gasteiger partial charge >= 0.3 is 5.97 Å². The number of halogens is 1. The highest BCUT2D eigenvalue weighted by molar-refractivity contribution is 6.34. The molecule has 18 heavy (non-hydrogen) atoms. The first-order chi connectivity index (χ1) is 8.58. The van der Waals surface area contributed by atoms with Crippen molar-refractivity contribution >= 4 is 29.2 Å². The summed E-state index contributed by atoms with van der Waals surface area (Å²) < 4.78 is 0. The van der Waals surface area contributed by atoms with Crippen LogP contribution < -0.4 is 5.32 Å². The first-order valence-corrected chi connectivity index (χ1v) is 5.43. The molecule has 1 aromatic heterocycles. The van der Waals surface area contributed by atoms with Crippen molar-refractivity contribution in [2.75, 3.05) is 5.32 Å². The van der Waals surface area contributed by atoms with E-state index in [-0.39, 0.29) is 22.2 Å². The maximum atomic E-state index is 11.8. The van der Waals surface area contributed by atoms with Gasteiger partial charge in [0.1, 0.15) is 5.69 Å². The Labute approximate surface area is 107 Å². The van der Waals surface area contributed by atoms with Gasteiger partial charge in [-0.2, -0.15) is 0 Å². The Kier molecular flexibility index (Phi) is 3.34. The molecular weight excluding hydrogens is 256 g/mol. The molecule has 0 aliphatic carbocycles. The summed E-state index contributed by atoms with van der Waals surface area (Å²) in [6.07, 6.45) is 1.62. The van der Waals surface area contributed by atoms with Crippen LogP contribution in [0, 0.1) is 0 Å². The molecule has 6 heteroatoms. The minimum absolute atomic E-state index is 0.0567. The van der Waals surface area contributed by atoms with Gasteiger partial charge in [-0.25, -0.2) is 4.79 Å². The summed E-state index contributed by atoms with van der Waals surface area (Å²) in [5.74, 6) is -1.47. The lowest BCUT2D eigenvalue weighted by atomic mass is 10.2. The molecule has 3 N–H and O–H groups in total. The largest absolute Gasteiger partial charge is 0.478 e. The van der Waals surface area contributed by atoms with Gasteiger partial charge in [0.15, 0.2) is 0 Å². The highest BCUT2D eigenvalue weighted by Gasteiger charge is 2.11. The number of amides is 1. The predicted octanol–water partition coefficient (Wildman–Crippen LogP) is 2.62. The lowest BCUT2D eigenvalue weighted by Gasteiger charge is -2.07. The molecule has 0 saturated carbocycles. The van der Waals surface area contributed by atoms with Crippen molar-refractivity contribution in [2.45, 2.75) is 0 Å². The Morgan fingerprint density at radius 2 is 2.06 bits per heavy atom. The number of carboxylic acids is 1. The number of hydrogen-bond donors (Lipinski definition) is 3. The summed E-state index contributed by atoms with van der Waals surface area (Å²) in [7, 11) is 0. The van der Waals surface area contributed by atoms with E-state index in [1.54, 1.807) is 18.3 Å². The zero-order valence-electron chi connectivity index (χ0n) is 9.11. The fourth-order valence-corrected chi connectivity index (χ4v) is 1.58. The van der Waals surface area contributed by atoms with Crippen molar-refractivity contribution in [2.24, 2.45) is 0 Å². The van der Waals surface area contributed by atoms with Crippen LogP contribution in [0.15, 0.2) is 36.5 Å². The fraction of sp³-hybridized carbons (Fsp3) is 0. The van der Waals surface area contributed by atoms with Crippen LogP contribution in [0.3, 0.4) is 0 Å². The molecule has 0 spiro atoms. The predicted molar refractivity (Wildman–Crippen MR) is 67.2 cm³/mol. The summed E-state index contributed by atoms with van der Waals surface area (Å²) in [6, 6.07) is 7.39. The molecule has 5 nitrogen and oxygen atoms in total. The van der Waals surface area contributed by atoms with Gasteiger partial charge in [-0.05, 0) is 30.3 Å². The van der Waals surface area contributed by atoms with Gasteiger partial charge in [-0.1, -0.05) is 11.6 Å². The molecule has 0 unspecified atom stereocenters. The SMILES string of the molecule is O=C(O)c1ccc(Cl)c(NC(=O)c2ccc[nH]2)c1. The van der Waals surface area contributed by atoms with Gasteiger partial charge in [-0.15, -0.1) is 0 Å². The van der Waals surface area contributed by atoms with E-state index in [0.717, 1.165) is 0 Å². The molecule has 1 heterocycles. The van der Waals surface area contributed by atoms with Crippen molar-refractivity contribution in [1.29, 1.82) is 0 Å². The highest BCUT2D eigenvalue weighted by Crippen LogP contribution is 2.23. The summed E-state index contributed by atoms with van der Waals surface area (Å²) in [5.41, 5.74) is 0.684. The molecular formula is C12H9ClN2O3. The van der Waals surface area contributed by atoms with E-state index >= 15 is 0 Å². The number of rotatable bonds is 3. The van der Waals surface area contributed by atoms with Gasteiger partial charge in [-0.3, -0.25) is 4.79 Å². The standard InChI is InChI=1S/C12H9ClN2O3/c13-8-4-3-7(12(17)18)6-10(8)15-11(16)9-2-1-5-14-9/h1-6,14H,(H,15,16)(H,17,18). The average Bonchev–Trinajstić information content (AvgIpc) is 2.85. The van der Waals surface area contributed by atoms with E-state index in [4.69, 9.17) is 16.7 Å². The molecule has 0 aliphatic heterocycles. The Morgan fingerprint density at radius 3 is 2.67 bits per heavy atom. The molecule has 0 aliphatic rings. The number of carbonyl (C=O) groups is 2. The molecule has 2 aromatic rings. The molecule has 0 fully saturated rings. The van der Waals surface area contributed by atoms with Crippen molar-refractivity contribution in [3.8, 4) is 0 Å². The second-order valence-corrected chi connectivity index (χ2v) is 3.94. The minimum Gasteiger partial charge on any atom is -0.478 e. The molecule has 0 radical (unpaired) electrons. The Morgan fingerprint density at radius 1 is 1.28 bits per heavy atom. The van der Waals surface area contributed by atoms with Crippen LogP contribution in [0.1, 0.15) is 20.8 Å². The number of H-pyrrole nitrogens is 1. The number of hydrogen-bond acceptors (Lipinski definition) is 2. The van der Waals surface area contributed by atoms with Crippen LogP contribution in [-0.2, 0) is 0 Å². The lowest BCUT2D eigenvalue weighted by molar-refractivity contribution is 0.0696. The van der Waals surface area contributed by atoms with Gasteiger partial charge in [0.2, 0.25) is 0 Å². The lowest BCUT2D eigenvalue weighted by Crippen LogP contribution is -2.13. The van der Waals surface area contributed by atoms with E-state index in [0.29, 0.717) is 5.69 Å². The Bertz CT molecular complexity index is 593. The number of carboxylic acid groups (broad SMARTS) is 1. The molecule has 0 bridgehead atoms. The third-order valence-electron chi connectivity index (χ3n) is 2.30. The smallest absolute Gasteiger partial charge is 0.335 e. The number of nitrogens with one attached hydrogen (secondary N) is 2. The van der Waals surface area contributed by atoms with E-state index in [2.05, 4.69) is 10.3 Å². The van der Waals surface area contributed by atoms with Crippen molar-refractivity contribution in [1.82, 2.24) is 4.98 Å². The van der Waals surface area contributed by atoms with Crippen LogP contribution in [0.4, 0.5) is 5.69 Å². The first kappa shape index (κ1) is 12.2. The monoisotopic (exact) mass is 264 g/mol. The summed E-state index contributed by atoms with van der Waals surface area (Å²) >= 11 is 5.89. The quantitative estimate of drug-likeness (QED) is 0.797. The number of aromatic amines is 1. The first-order valence-electron chi connectivity index (χ1n) is 5.05. The molecule has 2 rings (SSSR count). The molecule has 92 valence electrons. The third-order valence-corrected chi connectivity index (χ3v) is 2.63. The van der Waals surface area contributed by atoms with Crippen LogP contribution in [0.25, 0.3) is 0 Å². The zero-order chi connectivity index (χ0) is 13.1. The van der Waals surface area contributed by atoms with E-state index < -0.39 is 5.97 Å². The number of aromatic nitrogens is 1. The normalized spacial score (nSPS) is 10.1. The van der Waals surface area contributed by atoms with Crippen molar-refractivity contribution in [3.63, 3.8) is 0 Å². The number of carbonyl (C=O) groups excluding carboxylic acids is 1. The molecule has 1 aromatic carbocycles. The van der Waals surface area contributed by atoms with E-state index in [1.807, 2.05) is 0 Å². The topological polar surface area (TPSA) is 82.2 Å². The van der Waals surface area contributed by atoms with Gasteiger partial charge in [0.25, 0.3) is 5.91 Å². The van der Waals surface area contributed by atoms with Gasteiger partial charge in [0.05, 0.1) is 16.3 Å². The maximum absolute atomic E-state index is 11.8. The van der Waals surface area contributed by atoms with E-state index in [9.17, 15) is 9.59 Å². The second kappa shape index (κ2) is 4.93. The number of benzene rings is 1. The summed E-state index contributed by atoms with van der Waals surface area (Å²) in [5, 5.41) is 11.7. The fourth-order valence-electron chi connectivity index (χ4n) is 1.42. The number of aromatic carboxylic acids is 1. The van der Waals surface area contributed by atoms with E-state index in [1.165, 1.54) is 18.2 Å². The van der Waals surface area contributed by atoms with Crippen molar-refractivity contribution < 1.29 is 14.7 Å². The zero-order valence-corrected chi connectivity index (χ0v) is 9.86. The highest BCUT2D eigenvalue weighted by atomic mass is 35.5. The maximum Gasteiger partial charge on any atom is 0.335 e.